The Morgan fingerprint density at radius 3 is 0.902 bits per heavy atom. The fourth-order valence-electron chi connectivity index (χ4n) is 11.5. The fraction of sp³-hybridized carbons (Fsp3) is 0.167. The van der Waals surface area contributed by atoms with Gasteiger partial charge in [0.2, 0.25) is 10.7 Å². The van der Waals surface area contributed by atoms with Crippen molar-refractivity contribution in [1.29, 1.82) is 0 Å². The Morgan fingerprint density at radius 2 is 0.641 bits per heavy atom. The van der Waals surface area contributed by atoms with E-state index in [4.69, 9.17) is 36.6 Å². The van der Waals surface area contributed by atoms with Crippen molar-refractivity contribution in [2.45, 2.75) is 36.0 Å². The van der Waals surface area contributed by atoms with Gasteiger partial charge in [-0.15, -0.1) is 0 Å². The number of alkyl halides is 14. The molecule has 0 saturated heterocycles. The molecule has 0 atom stereocenters. The lowest BCUT2D eigenvalue weighted by Gasteiger charge is -2.36. The molecule has 14 rings (SSSR count). The van der Waals surface area contributed by atoms with Crippen LogP contribution in [0.15, 0.2) is 163 Å². The summed E-state index contributed by atoms with van der Waals surface area (Å²) in [6.07, 6.45) is -12.3. The zero-order valence-corrected chi connectivity index (χ0v) is 46.9. The number of aromatic nitrogens is 2. The Balaban J connectivity index is 0.000000168. The topological polar surface area (TPSA) is 105 Å². The zero-order valence-electron chi connectivity index (χ0n) is 46.9. The third-order valence-electron chi connectivity index (χ3n) is 16.0. The highest BCUT2D eigenvalue weighted by Gasteiger charge is 2.78. The van der Waals surface area contributed by atoms with E-state index in [2.05, 4.69) is 0 Å². The molecule has 0 fully saturated rings. The van der Waals surface area contributed by atoms with Gasteiger partial charge in [-0.2, -0.15) is 61.5 Å². The Hall–Kier alpha value is -10.0. The van der Waals surface area contributed by atoms with Gasteiger partial charge >= 0.3 is 50.0 Å². The number of ether oxygens (including phenoxy) is 4. The number of methoxy groups -OCH3 is 4. The molecule has 0 aliphatic carbocycles. The van der Waals surface area contributed by atoms with Crippen molar-refractivity contribution < 1.29 is 115 Å². The van der Waals surface area contributed by atoms with Crippen molar-refractivity contribution in [2.24, 2.45) is 0 Å². The molecule has 12 nitrogen and oxygen atoms in total. The van der Waals surface area contributed by atoms with Crippen LogP contribution in [0.3, 0.4) is 0 Å². The van der Waals surface area contributed by atoms with Gasteiger partial charge in [-0.25, -0.2) is 0 Å². The molecule has 4 aliphatic rings. The minimum atomic E-state index is -6.73. The molecule has 6 aromatic heterocycles. The van der Waals surface area contributed by atoms with Crippen molar-refractivity contribution >= 4 is 59.4 Å². The zero-order chi connectivity index (χ0) is 65.9. The van der Waals surface area contributed by atoms with Gasteiger partial charge < -0.3 is 71.8 Å². The number of furan rings is 4. The van der Waals surface area contributed by atoms with Crippen LogP contribution in [-0.2, 0) is 0 Å². The molecule has 32 heteroatoms. The lowest BCUT2D eigenvalue weighted by atomic mass is 9.84. The summed E-state index contributed by atoms with van der Waals surface area (Å²) < 4.78 is 311. The van der Waals surface area contributed by atoms with E-state index in [0.717, 1.165) is 24.3 Å². The Morgan fingerprint density at radius 1 is 0.370 bits per heavy atom. The van der Waals surface area contributed by atoms with Crippen LogP contribution >= 0.6 is 0 Å². The lowest BCUT2D eigenvalue weighted by molar-refractivity contribution is -0.339. The minimum Gasteiger partial charge on any atom is -0.497 e. The molecular weight excluding hydrogens is 1270 g/mol. The van der Waals surface area contributed by atoms with E-state index in [1.165, 1.54) is 126 Å². The first kappa shape index (κ1) is 60.9. The van der Waals surface area contributed by atoms with Crippen LogP contribution in [0.25, 0.3) is 90.8 Å². The first-order valence-corrected chi connectivity index (χ1v) is 26.8. The largest absolute Gasteiger partial charge is 0.738 e. The summed E-state index contributed by atoms with van der Waals surface area (Å²) in [6.45, 7) is -10.4. The quantitative estimate of drug-likeness (QED) is 0.0880. The summed E-state index contributed by atoms with van der Waals surface area (Å²) in [5.41, 5.74) is -10.4. The van der Waals surface area contributed by atoms with Crippen LogP contribution in [0, 0.1) is 0 Å². The minimum absolute atomic E-state index is 0.00274. The standard InChI is InChI=1S/2C30H18BF9N2O4/c2*1-43-17-7-3-15(4-8-17)23-11-19-25(45-23)13-21-27(28(32,33)29(34,35)30(36,37)38)22-14-26-20(42(22)31(39,40)41(19)21)12-24(46-26)16-5-9-18(44-2)10-6-16/h2*3-14H,1-2H3. The monoisotopic (exact) mass is 1300 g/mol. The molecule has 92 heavy (non-hydrogen) atoms. The molecule has 4 aromatic carbocycles. The summed E-state index contributed by atoms with van der Waals surface area (Å²) in [4.78, 5) is 0. The van der Waals surface area contributed by atoms with Gasteiger partial charge in [-0.3, -0.25) is 0 Å². The van der Waals surface area contributed by atoms with Gasteiger partial charge in [-0.1, -0.05) is 0 Å². The molecule has 4 aliphatic heterocycles. The number of hydrogen-bond acceptors (Lipinski definition) is 8. The van der Waals surface area contributed by atoms with Crippen LogP contribution in [0.5, 0.6) is 23.0 Å². The van der Waals surface area contributed by atoms with Crippen molar-refractivity contribution in [2.75, 3.05) is 28.4 Å². The normalized spacial score (nSPS) is 15.9. The van der Waals surface area contributed by atoms with Crippen LogP contribution in [-0.4, -0.2) is 87.4 Å². The molecule has 0 N–H and O–H groups in total. The molecule has 0 unspecified atom stereocenters. The smallest absolute Gasteiger partial charge is 0.497 e. The second-order valence-corrected chi connectivity index (χ2v) is 21.2. The SMILES string of the molecule is COc1ccc(-c2cc3c(o2)=CC2=C(C(F)(F)C(F)(F)C(F)(F)F)c4cc5oc(-c6ccc(OC)cc6)cc5n4[B-](F)(F)[N+]=32)cc1.COc1ccc(-c2cc3c(o2)=CC2=C(C(F)(F)C(F)(F)C(F)(F)F)c4cc5oc(-c6ccc(OC)cc6)cc5n4[B-](F)(F)[N+]=32)cc1. The summed E-state index contributed by atoms with van der Waals surface area (Å²) in [5.74, 6) is -23.5. The highest BCUT2D eigenvalue weighted by atomic mass is 19.4. The first-order chi connectivity index (χ1) is 43.2. The Bertz CT molecular complexity index is 4700. The van der Waals surface area contributed by atoms with Crippen LogP contribution in [0.2, 0.25) is 0 Å². The average Bonchev–Trinajstić information content (AvgIpc) is 1.49. The van der Waals surface area contributed by atoms with Gasteiger partial charge in [-0.05, 0) is 97.1 Å². The van der Waals surface area contributed by atoms with Crippen molar-refractivity contribution in [3.8, 4) is 68.3 Å². The molecule has 0 bridgehead atoms. The summed E-state index contributed by atoms with van der Waals surface area (Å²) >= 11 is 0. The fourth-order valence-corrected chi connectivity index (χ4v) is 11.5. The van der Waals surface area contributed by atoms with E-state index in [1.807, 2.05) is 0 Å². The molecule has 10 heterocycles. The van der Waals surface area contributed by atoms with E-state index >= 15 is 34.8 Å². The predicted molar refractivity (Wildman–Crippen MR) is 296 cm³/mol. The molecule has 476 valence electrons. The third-order valence-corrected chi connectivity index (χ3v) is 16.0. The maximum atomic E-state index is 16.6. The highest BCUT2D eigenvalue weighted by Crippen LogP contribution is 2.58. The molecule has 0 amide bonds. The van der Waals surface area contributed by atoms with Gasteiger partial charge in [0.1, 0.15) is 68.4 Å². The second-order valence-electron chi connectivity index (χ2n) is 21.2. The van der Waals surface area contributed by atoms with Gasteiger partial charge in [0.05, 0.1) is 63.8 Å². The van der Waals surface area contributed by atoms with Crippen LogP contribution in [0.4, 0.5) is 78.7 Å². The van der Waals surface area contributed by atoms with E-state index in [-0.39, 0.29) is 41.0 Å². The first-order valence-electron chi connectivity index (χ1n) is 26.8. The number of allylic oxidation sites excluding steroid dienone is 4. The summed E-state index contributed by atoms with van der Waals surface area (Å²) in [6, 6.07) is 30.0. The second kappa shape index (κ2) is 20.2. The van der Waals surface area contributed by atoms with E-state index in [1.54, 1.807) is 0 Å². The Labute approximate surface area is 502 Å². The summed E-state index contributed by atoms with van der Waals surface area (Å²) in [5, 5.41) is -1.03. The number of hydrogen-bond donors (Lipinski definition) is 0. The number of halogens is 18. The van der Waals surface area contributed by atoms with Gasteiger partial charge in [0.25, 0.3) is 0 Å². The van der Waals surface area contributed by atoms with Crippen molar-refractivity contribution in [3.05, 3.63) is 178 Å². The van der Waals surface area contributed by atoms with E-state index in [9.17, 15) is 43.9 Å². The molecule has 0 saturated carbocycles. The Kier molecular flexibility index (Phi) is 13.4. The van der Waals surface area contributed by atoms with Crippen molar-refractivity contribution in [1.82, 2.24) is 17.9 Å². The van der Waals surface area contributed by atoms with Crippen LogP contribution in [0.1, 0.15) is 11.4 Å². The summed E-state index contributed by atoms with van der Waals surface area (Å²) in [7, 11) is 5.67. The molecule has 10 aromatic rings. The number of rotatable bonds is 12. The number of benzene rings is 4. The molecule has 0 radical (unpaired) electrons. The van der Waals surface area contributed by atoms with Crippen molar-refractivity contribution in [3.63, 3.8) is 0 Å². The maximum absolute atomic E-state index is 16.6. The predicted octanol–water partition coefficient (Wildman–Crippen LogP) is 13.9. The van der Waals surface area contributed by atoms with Gasteiger partial charge in [0.15, 0.2) is 22.2 Å². The lowest BCUT2D eigenvalue weighted by Crippen LogP contribution is -2.60. The maximum Gasteiger partial charge on any atom is 0.738 e. The number of fused-ring (bicyclic) bond motifs is 10. The number of nitrogens with zero attached hydrogens (tertiary/aromatic N) is 4. The highest BCUT2D eigenvalue weighted by molar-refractivity contribution is 6.66. The third kappa shape index (κ3) is 8.81. The average molecular weight is 1300 g/mol. The molecular formula is C60H36B2F18N4O8. The van der Waals surface area contributed by atoms with E-state index < -0.39 is 128 Å². The molecule has 0 spiro atoms. The van der Waals surface area contributed by atoms with Gasteiger partial charge in [0, 0.05) is 57.9 Å². The van der Waals surface area contributed by atoms with Crippen LogP contribution < -0.4 is 49.5 Å². The van der Waals surface area contributed by atoms with E-state index in [0.29, 0.717) is 69.5 Å².